The summed E-state index contributed by atoms with van der Waals surface area (Å²) >= 11 is 0. The van der Waals surface area contributed by atoms with Crippen LogP contribution in [0.25, 0.3) is 0 Å². The molecule has 0 aromatic carbocycles. The largest absolute Gasteiger partial charge is 0.462 e. The molecule has 0 fully saturated rings. The monoisotopic (exact) mass is 343 g/mol. The summed E-state index contributed by atoms with van der Waals surface area (Å²) in [7, 11) is 0. The molecule has 24 heavy (non-hydrogen) atoms. The van der Waals surface area contributed by atoms with Gasteiger partial charge < -0.3 is 19.6 Å². The van der Waals surface area contributed by atoms with Crippen molar-refractivity contribution in [3.05, 3.63) is 0 Å². The molecule has 0 rings (SSSR count). The number of carbonyl (C=O) groups is 3. The Morgan fingerprint density at radius 2 is 1.79 bits per heavy atom. The number of rotatable bonds is 15. The van der Waals surface area contributed by atoms with Crippen molar-refractivity contribution in [2.75, 3.05) is 13.2 Å². The fraction of sp³-hybridized carbons (Fsp3) is 0.833. The number of aldehydes is 1. The Bertz CT molecular complexity index is 359. The highest BCUT2D eigenvalue weighted by Gasteiger charge is 2.13. The Hall–Kier alpha value is -1.43. The number of amides is 1. The molecule has 6 nitrogen and oxygen atoms in total. The second kappa shape index (κ2) is 15.1. The number of esters is 1. The van der Waals surface area contributed by atoms with Crippen molar-refractivity contribution in [3.8, 4) is 0 Å². The Kier molecular flexibility index (Phi) is 14.2. The number of carbonyl (C=O) groups excluding carboxylic acids is 3. The lowest BCUT2D eigenvalue weighted by Crippen LogP contribution is -2.37. The highest BCUT2D eigenvalue weighted by molar-refractivity contribution is 5.73. The second-order valence-corrected chi connectivity index (χ2v) is 6.10. The van der Waals surface area contributed by atoms with Crippen molar-refractivity contribution < 1.29 is 23.9 Å². The summed E-state index contributed by atoms with van der Waals surface area (Å²) in [4.78, 5) is 32.8. The minimum Gasteiger partial charge on any atom is -0.462 e. The van der Waals surface area contributed by atoms with Gasteiger partial charge in [0.25, 0.3) is 0 Å². The molecular weight excluding hydrogens is 310 g/mol. The molecule has 1 amide bonds. The van der Waals surface area contributed by atoms with Gasteiger partial charge in [0, 0.05) is 26.7 Å². The van der Waals surface area contributed by atoms with E-state index in [1.54, 1.807) is 0 Å². The third-order valence-electron chi connectivity index (χ3n) is 3.65. The molecule has 0 radical (unpaired) electrons. The molecule has 1 N–H and O–H groups in total. The van der Waals surface area contributed by atoms with Gasteiger partial charge in [-0.05, 0) is 12.8 Å². The zero-order valence-corrected chi connectivity index (χ0v) is 15.3. The van der Waals surface area contributed by atoms with E-state index >= 15 is 0 Å². The third-order valence-corrected chi connectivity index (χ3v) is 3.65. The van der Waals surface area contributed by atoms with Crippen LogP contribution in [0.15, 0.2) is 0 Å². The second-order valence-electron chi connectivity index (χ2n) is 6.10. The lowest BCUT2D eigenvalue weighted by molar-refractivity contribution is -0.147. The fourth-order valence-electron chi connectivity index (χ4n) is 2.49. The molecule has 0 aliphatic heterocycles. The first-order valence-corrected chi connectivity index (χ1v) is 8.95. The predicted molar refractivity (Wildman–Crippen MR) is 92.7 cm³/mol. The molecule has 0 heterocycles. The SMILES string of the molecule is CCCCCCC[C@H](CCOC[C@H](CC=O)NC(C)=O)OC(C)=O. The molecule has 0 aromatic heterocycles. The van der Waals surface area contributed by atoms with Crippen LogP contribution >= 0.6 is 0 Å². The van der Waals surface area contributed by atoms with Crippen LogP contribution in [0.5, 0.6) is 0 Å². The number of hydrogen-bond acceptors (Lipinski definition) is 5. The zero-order chi connectivity index (χ0) is 18.2. The maximum absolute atomic E-state index is 11.2. The van der Waals surface area contributed by atoms with Gasteiger partial charge in [-0.15, -0.1) is 0 Å². The van der Waals surface area contributed by atoms with Crippen LogP contribution in [0.2, 0.25) is 0 Å². The molecule has 0 spiro atoms. The van der Waals surface area contributed by atoms with Gasteiger partial charge >= 0.3 is 5.97 Å². The minimum atomic E-state index is -0.304. The molecule has 2 atom stereocenters. The van der Waals surface area contributed by atoms with Crippen LogP contribution in [0.3, 0.4) is 0 Å². The Morgan fingerprint density at radius 3 is 2.38 bits per heavy atom. The van der Waals surface area contributed by atoms with Gasteiger partial charge in [0.15, 0.2) is 0 Å². The normalized spacial score (nSPS) is 13.1. The van der Waals surface area contributed by atoms with Crippen molar-refractivity contribution in [1.82, 2.24) is 5.32 Å². The summed E-state index contributed by atoms with van der Waals surface area (Å²) in [5.41, 5.74) is 0. The van der Waals surface area contributed by atoms with Gasteiger partial charge in [-0.1, -0.05) is 32.6 Å². The van der Waals surface area contributed by atoms with Gasteiger partial charge in [0.2, 0.25) is 5.91 Å². The lowest BCUT2D eigenvalue weighted by Gasteiger charge is -2.19. The number of unbranched alkanes of at least 4 members (excludes halogenated alkanes) is 4. The van der Waals surface area contributed by atoms with Gasteiger partial charge in [-0.3, -0.25) is 9.59 Å². The van der Waals surface area contributed by atoms with E-state index in [1.165, 1.54) is 33.1 Å². The summed E-state index contributed by atoms with van der Waals surface area (Å²) in [5.74, 6) is -0.457. The maximum Gasteiger partial charge on any atom is 0.302 e. The first-order chi connectivity index (χ1) is 11.5. The van der Waals surface area contributed by atoms with E-state index in [2.05, 4.69) is 12.2 Å². The summed E-state index contributed by atoms with van der Waals surface area (Å²) < 4.78 is 10.9. The van der Waals surface area contributed by atoms with Crippen molar-refractivity contribution >= 4 is 18.2 Å². The van der Waals surface area contributed by atoms with Crippen LogP contribution < -0.4 is 5.32 Å². The maximum atomic E-state index is 11.2. The van der Waals surface area contributed by atoms with E-state index in [-0.39, 0.29) is 37.0 Å². The van der Waals surface area contributed by atoms with Crippen LogP contribution in [0.4, 0.5) is 0 Å². The van der Waals surface area contributed by atoms with E-state index in [9.17, 15) is 14.4 Å². The predicted octanol–water partition coefficient (Wildman–Crippen LogP) is 2.78. The lowest BCUT2D eigenvalue weighted by atomic mass is 10.1. The van der Waals surface area contributed by atoms with E-state index in [0.717, 1.165) is 25.5 Å². The van der Waals surface area contributed by atoms with Crippen molar-refractivity contribution in [3.63, 3.8) is 0 Å². The molecule has 140 valence electrons. The van der Waals surface area contributed by atoms with Crippen LogP contribution in [0, 0.1) is 0 Å². The molecule has 0 aliphatic rings. The number of ether oxygens (including phenoxy) is 2. The first-order valence-electron chi connectivity index (χ1n) is 8.95. The molecule has 0 bridgehead atoms. The van der Waals surface area contributed by atoms with Crippen molar-refractivity contribution in [2.45, 2.75) is 84.3 Å². The van der Waals surface area contributed by atoms with Gasteiger partial charge in [0.05, 0.1) is 19.3 Å². The molecule has 0 aromatic rings. The zero-order valence-electron chi connectivity index (χ0n) is 15.3. The summed E-state index contributed by atoms with van der Waals surface area (Å²) in [6.07, 6.45) is 8.18. The minimum absolute atomic E-state index is 0.130. The van der Waals surface area contributed by atoms with Gasteiger partial charge in [-0.25, -0.2) is 0 Å². The topological polar surface area (TPSA) is 81.7 Å². The molecule has 6 heteroatoms. The molecule has 0 unspecified atom stereocenters. The first kappa shape index (κ1) is 22.6. The highest BCUT2D eigenvalue weighted by Crippen LogP contribution is 2.12. The molecule has 0 aliphatic carbocycles. The molecule has 0 saturated heterocycles. The Balaban J connectivity index is 4.03. The van der Waals surface area contributed by atoms with E-state index in [1.807, 2.05) is 0 Å². The standard InChI is InChI=1S/C18H33NO5/c1-4-5-6-7-8-9-18(24-16(3)22)11-13-23-14-17(10-12-20)19-15(2)21/h12,17-18H,4-11,13-14H2,1-3H3,(H,19,21)/t17-,18+/m0/s1. The molecular formula is C18H33NO5. The number of nitrogens with one attached hydrogen (secondary N) is 1. The van der Waals surface area contributed by atoms with Gasteiger partial charge in [-0.2, -0.15) is 0 Å². The third kappa shape index (κ3) is 14.2. The highest BCUT2D eigenvalue weighted by atomic mass is 16.5. The van der Waals surface area contributed by atoms with Crippen LogP contribution in [-0.2, 0) is 23.9 Å². The van der Waals surface area contributed by atoms with Crippen molar-refractivity contribution in [1.29, 1.82) is 0 Å². The van der Waals surface area contributed by atoms with E-state index in [4.69, 9.17) is 9.47 Å². The fourth-order valence-corrected chi connectivity index (χ4v) is 2.49. The van der Waals surface area contributed by atoms with Gasteiger partial charge in [0.1, 0.15) is 12.4 Å². The Morgan fingerprint density at radius 1 is 1.08 bits per heavy atom. The summed E-state index contributed by atoms with van der Waals surface area (Å²) in [5, 5.41) is 2.67. The van der Waals surface area contributed by atoms with Crippen molar-refractivity contribution in [2.24, 2.45) is 0 Å². The van der Waals surface area contributed by atoms with Crippen LogP contribution in [-0.4, -0.2) is 43.5 Å². The van der Waals surface area contributed by atoms with E-state index < -0.39 is 0 Å². The quantitative estimate of drug-likeness (QED) is 0.281. The summed E-state index contributed by atoms with van der Waals surface area (Å²) in [6, 6.07) is -0.304. The average molecular weight is 343 g/mol. The van der Waals surface area contributed by atoms with Crippen LogP contribution in [0.1, 0.15) is 72.1 Å². The number of hydrogen-bond donors (Lipinski definition) is 1. The molecule has 0 saturated carbocycles. The van der Waals surface area contributed by atoms with E-state index in [0.29, 0.717) is 13.0 Å². The smallest absolute Gasteiger partial charge is 0.302 e. The Labute approximate surface area is 145 Å². The average Bonchev–Trinajstić information content (AvgIpc) is 2.50. The summed E-state index contributed by atoms with van der Waals surface area (Å²) in [6.45, 7) is 5.72.